The van der Waals surface area contributed by atoms with Crippen molar-refractivity contribution in [1.29, 1.82) is 0 Å². The molecule has 6 nitrogen and oxygen atoms in total. The molecule has 26 heavy (non-hydrogen) atoms. The van der Waals surface area contributed by atoms with Gasteiger partial charge in [-0.3, -0.25) is 0 Å². The summed E-state index contributed by atoms with van der Waals surface area (Å²) in [5.74, 6) is 0.693. The van der Waals surface area contributed by atoms with Gasteiger partial charge in [0.25, 0.3) is 0 Å². The number of hydrogen-bond donors (Lipinski definition) is 3. The fraction of sp³-hybridized carbons (Fsp3) is 0.389. The van der Waals surface area contributed by atoms with Crippen LogP contribution in [0, 0.1) is 0 Å². The van der Waals surface area contributed by atoms with E-state index in [9.17, 15) is 8.42 Å². The molecule has 0 aliphatic rings. The molecule has 0 saturated heterocycles. The summed E-state index contributed by atoms with van der Waals surface area (Å²) in [5, 5.41) is 13.8. The van der Waals surface area contributed by atoms with E-state index in [1.54, 1.807) is 23.5 Å². The molecule has 0 aliphatic heterocycles. The van der Waals surface area contributed by atoms with Gasteiger partial charge >= 0.3 is 0 Å². The predicted octanol–water partition coefficient (Wildman–Crippen LogP) is 2.43. The van der Waals surface area contributed by atoms with Crippen molar-refractivity contribution in [3.8, 4) is 0 Å². The highest BCUT2D eigenvalue weighted by molar-refractivity contribution is 7.89. The lowest BCUT2D eigenvalue weighted by atomic mass is 9.91. The molecule has 1 aromatic carbocycles. The van der Waals surface area contributed by atoms with E-state index in [0.717, 1.165) is 18.7 Å². The van der Waals surface area contributed by atoms with E-state index < -0.39 is 10.0 Å². The van der Waals surface area contributed by atoms with Crippen LogP contribution in [0.4, 0.5) is 0 Å². The zero-order chi connectivity index (χ0) is 19.2. The number of primary sulfonamides is 1. The van der Waals surface area contributed by atoms with Gasteiger partial charge < -0.3 is 10.6 Å². The predicted molar refractivity (Wildman–Crippen MR) is 108 cm³/mol. The van der Waals surface area contributed by atoms with Crippen LogP contribution in [0.2, 0.25) is 0 Å². The Labute approximate surface area is 159 Å². The Morgan fingerprint density at radius 1 is 1.23 bits per heavy atom. The van der Waals surface area contributed by atoms with Gasteiger partial charge in [-0.15, -0.1) is 11.3 Å². The van der Waals surface area contributed by atoms with E-state index in [1.165, 1.54) is 10.9 Å². The first kappa shape index (κ1) is 20.4. The summed E-state index contributed by atoms with van der Waals surface area (Å²) in [5.41, 5.74) is 0.768. The lowest BCUT2D eigenvalue weighted by molar-refractivity contribution is 0.518. The SMILES string of the molecule is CCNC(=NCc1cccc(S(N)(=O)=O)c1)NCC(C)(C)c1cccs1. The maximum absolute atomic E-state index is 11.5. The summed E-state index contributed by atoms with van der Waals surface area (Å²) in [6, 6.07) is 10.7. The number of guanidine groups is 1. The van der Waals surface area contributed by atoms with Gasteiger partial charge in [0.05, 0.1) is 11.4 Å². The second-order valence-corrected chi connectivity index (χ2v) is 9.11. The van der Waals surface area contributed by atoms with Gasteiger partial charge in [-0.2, -0.15) is 0 Å². The number of nitrogens with zero attached hydrogens (tertiary/aromatic N) is 1. The first-order valence-electron chi connectivity index (χ1n) is 8.40. The first-order valence-corrected chi connectivity index (χ1v) is 10.8. The Kier molecular flexibility index (Phi) is 6.80. The molecule has 0 saturated carbocycles. The third kappa shape index (κ3) is 5.82. The average Bonchev–Trinajstić information content (AvgIpc) is 3.12. The normalized spacial score (nSPS) is 12.8. The number of sulfonamides is 1. The summed E-state index contributed by atoms with van der Waals surface area (Å²) >= 11 is 1.74. The fourth-order valence-electron chi connectivity index (χ4n) is 2.39. The van der Waals surface area contributed by atoms with Gasteiger partial charge in [0.1, 0.15) is 0 Å². The van der Waals surface area contributed by atoms with Gasteiger partial charge in [-0.05, 0) is 36.1 Å². The summed E-state index contributed by atoms with van der Waals surface area (Å²) in [7, 11) is -3.71. The number of thiophene rings is 1. The maximum atomic E-state index is 11.5. The number of nitrogens with one attached hydrogen (secondary N) is 2. The molecule has 0 aliphatic carbocycles. The van der Waals surface area contributed by atoms with Crippen molar-refractivity contribution in [2.75, 3.05) is 13.1 Å². The van der Waals surface area contributed by atoms with E-state index in [1.807, 2.05) is 13.0 Å². The maximum Gasteiger partial charge on any atom is 0.238 e. The quantitative estimate of drug-likeness (QED) is 0.496. The monoisotopic (exact) mass is 394 g/mol. The number of aliphatic imine (C=N–C) groups is 1. The van der Waals surface area contributed by atoms with Crippen molar-refractivity contribution in [3.05, 3.63) is 52.2 Å². The minimum Gasteiger partial charge on any atom is -0.357 e. The first-order chi connectivity index (χ1) is 12.2. The van der Waals surface area contributed by atoms with Crippen LogP contribution >= 0.6 is 11.3 Å². The van der Waals surface area contributed by atoms with Gasteiger partial charge in [0, 0.05) is 23.4 Å². The highest BCUT2D eigenvalue weighted by atomic mass is 32.2. The standard InChI is InChI=1S/C18H26N4O2S2/c1-4-20-17(22-13-18(2,3)16-9-6-10-25-16)21-12-14-7-5-8-15(11-14)26(19,23)24/h5-11H,4,12-13H2,1-3H3,(H2,19,23,24)(H2,20,21,22). The van der Waals surface area contributed by atoms with Crippen molar-refractivity contribution < 1.29 is 8.42 Å². The van der Waals surface area contributed by atoms with E-state index in [-0.39, 0.29) is 10.3 Å². The molecule has 8 heteroatoms. The zero-order valence-electron chi connectivity index (χ0n) is 15.3. The van der Waals surface area contributed by atoms with Crippen LogP contribution in [0.5, 0.6) is 0 Å². The Hall–Kier alpha value is -1.90. The number of nitrogens with two attached hydrogens (primary N) is 1. The number of hydrogen-bond acceptors (Lipinski definition) is 4. The molecule has 0 atom stereocenters. The van der Waals surface area contributed by atoms with Crippen molar-refractivity contribution >= 4 is 27.3 Å². The van der Waals surface area contributed by atoms with Gasteiger partial charge in [0.2, 0.25) is 10.0 Å². The molecule has 2 aromatic rings. The topological polar surface area (TPSA) is 96.6 Å². The largest absolute Gasteiger partial charge is 0.357 e. The lowest BCUT2D eigenvalue weighted by Crippen LogP contribution is -2.43. The van der Waals surface area contributed by atoms with E-state index in [0.29, 0.717) is 12.5 Å². The van der Waals surface area contributed by atoms with Crippen LogP contribution in [-0.4, -0.2) is 27.5 Å². The van der Waals surface area contributed by atoms with E-state index in [4.69, 9.17) is 5.14 Å². The minimum atomic E-state index is -3.71. The average molecular weight is 395 g/mol. The smallest absolute Gasteiger partial charge is 0.238 e. The minimum absolute atomic E-state index is 0.0160. The summed E-state index contributed by atoms with van der Waals surface area (Å²) in [6.07, 6.45) is 0. The van der Waals surface area contributed by atoms with Crippen molar-refractivity contribution in [3.63, 3.8) is 0 Å². The Morgan fingerprint density at radius 3 is 2.62 bits per heavy atom. The molecule has 0 bridgehead atoms. The fourth-order valence-corrected chi connectivity index (χ4v) is 3.82. The van der Waals surface area contributed by atoms with Gasteiger partial charge in [-0.1, -0.05) is 32.0 Å². The Morgan fingerprint density at radius 2 is 2.00 bits per heavy atom. The molecular formula is C18H26N4O2S2. The molecule has 4 N–H and O–H groups in total. The number of benzene rings is 1. The second-order valence-electron chi connectivity index (χ2n) is 6.60. The highest BCUT2D eigenvalue weighted by Gasteiger charge is 2.21. The molecule has 0 spiro atoms. The third-order valence-electron chi connectivity index (χ3n) is 3.88. The van der Waals surface area contributed by atoms with Crippen molar-refractivity contribution in [2.45, 2.75) is 37.6 Å². The molecule has 142 valence electrons. The van der Waals surface area contributed by atoms with Crippen molar-refractivity contribution in [2.24, 2.45) is 10.1 Å². The van der Waals surface area contributed by atoms with Gasteiger partial charge in [-0.25, -0.2) is 18.5 Å². The Balaban J connectivity index is 2.07. The molecule has 2 rings (SSSR count). The van der Waals surface area contributed by atoms with Gasteiger partial charge in [0.15, 0.2) is 5.96 Å². The van der Waals surface area contributed by atoms with Crippen LogP contribution in [0.15, 0.2) is 51.7 Å². The highest BCUT2D eigenvalue weighted by Crippen LogP contribution is 2.26. The molecule has 0 radical (unpaired) electrons. The van der Waals surface area contributed by atoms with Crippen molar-refractivity contribution in [1.82, 2.24) is 10.6 Å². The summed E-state index contributed by atoms with van der Waals surface area (Å²) in [4.78, 5) is 5.96. The summed E-state index contributed by atoms with van der Waals surface area (Å²) in [6.45, 7) is 8.20. The van der Waals surface area contributed by atoms with Crippen LogP contribution in [-0.2, 0) is 22.0 Å². The molecule has 1 aromatic heterocycles. The zero-order valence-corrected chi connectivity index (χ0v) is 17.0. The van der Waals surface area contributed by atoms with Crippen LogP contribution in [0.1, 0.15) is 31.2 Å². The lowest BCUT2D eigenvalue weighted by Gasteiger charge is -2.25. The molecule has 1 heterocycles. The molecular weight excluding hydrogens is 368 g/mol. The molecule has 0 unspecified atom stereocenters. The van der Waals surface area contributed by atoms with Crippen LogP contribution in [0.25, 0.3) is 0 Å². The van der Waals surface area contributed by atoms with Crippen LogP contribution < -0.4 is 15.8 Å². The third-order valence-corrected chi connectivity index (χ3v) is 6.02. The molecule has 0 amide bonds. The second kappa shape index (κ2) is 8.66. The summed E-state index contributed by atoms with van der Waals surface area (Å²) < 4.78 is 22.9. The molecule has 0 fully saturated rings. The van der Waals surface area contributed by atoms with E-state index >= 15 is 0 Å². The van der Waals surface area contributed by atoms with E-state index in [2.05, 4.69) is 47.0 Å². The Bertz CT molecular complexity index is 844. The van der Waals surface area contributed by atoms with Crippen LogP contribution in [0.3, 0.4) is 0 Å². The number of rotatable bonds is 7.